The fourth-order valence-corrected chi connectivity index (χ4v) is 2.34. The van der Waals surface area contributed by atoms with E-state index in [4.69, 9.17) is 9.84 Å². The molecule has 2 N–H and O–H groups in total. The quantitative estimate of drug-likeness (QED) is 0.710. The lowest BCUT2D eigenvalue weighted by Crippen LogP contribution is -2.46. The van der Waals surface area contributed by atoms with E-state index in [1.54, 1.807) is 62.4 Å². The molecule has 0 fully saturated rings. The molecule has 0 aromatic heterocycles. The van der Waals surface area contributed by atoms with E-state index in [0.29, 0.717) is 16.9 Å². The number of amides is 1. The predicted octanol–water partition coefficient (Wildman–Crippen LogP) is 2.52. The summed E-state index contributed by atoms with van der Waals surface area (Å²) in [5.74, 6) is -1.52. The number of carboxylic acid groups (broad SMARTS) is 1. The van der Waals surface area contributed by atoms with E-state index in [1.165, 1.54) is 0 Å². The Hall–Kier alpha value is -3.15. The van der Waals surface area contributed by atoms with Crippen LogP contribution in [0.25, 0.3) is 0 Å². The number of aliphatic carboxylic acids is 1. The summed E-state index contributed by atoms with van der Waals surface area (Å²) < 4.78 is 5.35. The molecule has 2 aromatic rings. The van der Waals surface area contributed by atoms with Gasteiger partial charge in [0, 0.05) is 11.1 Å². The van der Waals surface area contributed by atoms with E-state index in [0.717, 1.165) is 0 Å². The smallest absolute Gasteiger partial charge is 0.326 e. The lowest BCUT2D eigenvalue weighted by atomic mass is 10.0. The summed E-state index contributed by atoms with van der Waals surface area (Å²) in [6.07, 6.45) is 0. The fourth-order valence-electron chi connectivity index (χ4n) is 2.34. The molecule has 0 aliphatic heterocycles. The Bertz CT molecular complexity index is 769. The van der Waals surface area contributed by atoms with Gasteiger partial charge < -0.3 is 15.2 Å². The van der Waals surface area contributed by atoms with Crippen molar-refractivity contribution in [1.82, 2.24) is 5.32 Å². The normalized spacial score (nSPS) is 11.7. The summed E-state index contributed by atoms with van der Waals surface area (Å²) in [6, 6.07) is 14.4. The van der Waals surface area contributed by atoms with Gasteiger partial charge >= 0.3 is 5.97 Å². The van der Waals surface area contributed by atoms with Gasteiger partial charge in [-0.05, 0) is 30.2 Å². The summed E-state index contributed by atoms with van der Waals surface area (Å²) in [4.78, 5) is 35.2. The van der Waals surface area contributed by atoms with Crippen molar-refractivity contribution >= 4 is 17.7 Å². The molecule has 2 aromatic carbocycles. The molecule has 0 saturated carbocycles. The summed E-state index contributed by atoms with van der Waals surface area (Å²) in [5.41, 5.74) is 1.10. The van der Waals surface area contributed by atoms with Gasteiger partial charge in [0.2, 0.25) is 0 Å². The van der Waals surface area contributed by atoms with Crippen LogP contribution in [0.1, 0.15) is 29.8 Å². The van der Waals surface area contributed by atoms with Crippen LogP contribution in [0.5, 0.6) is 5.75 Å². The highest BCUT2D eigenvalue weighted by atomic mass is 16.5. The molecule has 0 heterocycles. The van der Waals surface area contributed by atoms with Gasteiger partial charge in [0.05, 0.1) is 0 Å². The molecular weight excluding hydrogens is 334 g/mol. The van der Waals surface area contributed by atoms with Crippen LogP contribution in [-0.2, 0) is 9.59 Å². The van der Waals surface area contributed by atoms with Gasteiger partial charge in [0.25, 0.3) is 5.91 Å². The van der Waals surface area contributed by atoms with E-state index < -0.39 is 17.9 Å². The number of carbonyl (C=O) groups is 3. The molecule has 0 saturated heterocycles. The number of hydrogen-bond acceptors (Lipinski definition) is 4. The maximum Gasteiger partial charge on any atom is 0.326 e. The number of carbonyl (C=O) groups excluding carboxylic acids is 2. The maximum absolute atomic E-state index is 12.3. The van der Waals surface area contributed by atoms with Crippen LogP contribution in [0.3, 0.4) is 0 Å². The van der Waals surface area contributed by atoms with Crippen LogP contribution in [0.4, 0.5) is 0 Å². The summed E-state index contributed by atoms with van der Waals surface area (Å²) >= 11 is 0. The molecule has 6 nitrogen and oxygen atoms in total. The van der Waals surface area contributed by atoms with E-state index in [2.05, 4.69) is 5.32 Å². The SMILES string of the molecule is CC(C)[C@H](NC(=O)COc1ccc(C(=O)c2ccccc2)cc1)C(=O)O. The Labute approximate surface area is 151 Å². The van der Waals surface area contributed by atoms with E-state index in [-0.39, 0.29) is 18.3 Å². The Balaban J connectivity index is 1.92. The van der Waals surface area contributed by atoms with E-state index in [9.17, 15) is 14.4 Å². The number of benzene rings is 2. The molecule has 26 heavy (non-hydrogen) atoms. The Morgan fingerprint density at radius 3 is 2.08 bits per heavy atom. The largest absolute Gasteiger partial charge is 0.484 e. The molecule has 6 heteroatoms. The zero-order chi connectivity index (χ0) is 19.1. The standard InChI is InChI=1S/C20H21NO5/c1-13(2)18(20(24)25)21-17(22)12-26-16-10-8-15(9-11-16)19(23)14-6-4-3-5-7-14/h3-11,13,18H,12H2,1-2H3,(H,21,22)(H,24,25)/t18-/m0/s1. The third-order valence-electron chi connectivity index (χ3n) is 3.77. The topological polar surface area (TPSA) is 92.7 Å². The Kier molecular flexibility index (Phi) is 6.49. The van der Waals surface area contributed by atoms with Crippen LogP contribution in [-0.4, -0.2) is 35.4 Å². The molecule has 0 aliphatic rings. The number of hydrogen-bond donors (Lipinski definition) is 2. The van der Waals surface area contributed by atoms with Gasteiger partial charge in [0.15, 0.2) is 12.4 Å². The van der Waals surface area contributed by atoms with Gasteiger partial charge in [-0.3, -0.25) is 9.59 Å². The van der Waals surface area contributed by atoms with Gasteiger partial charge in [0.1, 0.15) is 11.8 Å². The van der Waals surface area contributed by atoms with Crippen molar-refractivity contribution in [3.8, 4) is 5.75 Å². The van der Waals surface area contributed by atoms with Crippen molar-refractivity contribution in [2.24, 2.45) is 5.92 Å². The molecule has 0 bridgehead atoms. The molecule has 136 valence electrons. The van der Waals surface area contributed by atoms with Crippen molar-refractivity contribution in [1.29, 1.82) is 0 Å². The molecule has 0 aliphatic carbocycles. The first-order valence-electron chi connectivity index (χ1n) is 8.23. The van der Waals surface area contributed by atoms with Gasteiger partial charge in [-0.2, -0.15) is 0 Å². The van der Waals surface area contributed by atoms with E-state index in [1.807, 2.05) is 6.07 Å². The highest BCUT2D eigenvalue weighted by molar-refractivity contribution is 6.08. The third-order valence-corrected chi connectivity index (χ3v) is 3.77. The average molecular weight is 355 g/mol. The highest BCUT2D eigenvalue weighted by Gasteiger charge is 2.23. The number of carboxylic acids is 1. The predicted molar refractivity (Wildman–Crippen MR) is 96.2 cm³/mol. The second-order valence-electron chi connectivity index (χ2n) is 6.14. The Morgan fingerprint density at radius 2 is 1.54 bits per heavy atom. The molecule has 0 spiro atoms. The summed E-state index contributed by atoms with van der Waals surface area (Å²) in [6.45, 7) is 3.12. The van der Waals surface area contributed by atoms with Crippen molar-refractivity contribution in [3.63, 3.8) is 0 Å². The molecule has 0 unspecified atom stereocenters. The van der Waals surface area contributed by atoms with Crippen LogP contribution >= 0.6 is 0 Å². The molecule has 2 rings (SSSR count). The van der Waals surface area contributed by atoms with Crippen LogP contribution in [0, 0.1) is 5.92 Å². The van der Waals surface area contributed by atoms with Crippen LogP contribution in [0.15, 0.2) is 54.6 Å². The third kappa shape index (κ3) is 5.17. The maximum atomic E-state index is 12.3. The first kappa shape index (κ1) is 19.2. The minimum atomic E-state index is -1.09. The average Bonchev–Trinajstić information content (AvgIpc) is 2.64. The first-order chi connectivity index (χ1) is 12.4. The van der Waals surface area contributed by atoms with Crippen molar-refractivity contribution < 1.29 is 24.2 Å². The van der Waals surface area contributed by atoms with Crippen LogP contribution in [0.2, 0.25) is 0 Å². The lowest BCUT2D eigenvalue weighted by Gasteiger charge is -2.18. The Morgan fingerprint density at radius 1 is 0.962 bits per heavy atom. The number of nitrogens with one attached hydrogen (secondary N) is 1. The fraction of sp³-hybridized carbons (Fsp3) is 0.250. The molecule has 1 atom stereocenters. The minimum absolute atomic E-state index is 0.101. The van der Waals surface area contributed by atoms with Gasteiger partial charge in [-0.15, -0.1) is 0 Å². The summed E-state index contributed by atoms with van der Waals surface area (Å²) in [7, 11) is 0. The minimum Gasteiger partial charge on any atom is -0.484 e. The second-order valence-corrected chi connectivity index (χ2v) is 6.14. The molecule has 1 amide bonds. The molecule has 0 radical (unpaired) electrons. The second kappa shape index (κ2) is 8.80. The zero-order valence-corrected chi connectivity index (χ0v) is 14.6. The van der Waals surface area contributed by atoms with Crippen LogP contribution < -0.4 is 10.1 Å². The number of ketones is 1. The lowest BCUT2D eigenvalue weighted by molar-refractivity contribution is -0.143. The summed E-state index contributed by atoms with van der Waals surface area (Å²) in [5, 5.41) is 11.5. The number of rotatable bonds is 8. The highest BCUT2D eigenvalue weighted by Crippen LogP contribution is 2.15. The monoisotopic (exact) mass is 355 g/mol. The van der Waals surface area contributed by atoms with Gasteiger partial charge in [-0.25, -0.2) is 4.79 Å². The first-order valence-corrected chi connectivity index (χ1v) is 8.23. The van der Waals surface area contributed by atoms with Crippen molar-refractivity contribution in [2.45, 2.75) is 19.9 Å². The van der Waals surface area contributed by atoms with E-state index >= 15 is 0 Å². The molecular formula is C20H21NO5. The van der Waals surface area contributed by atoms with Gasteiger partial charge in [-0.1, -0.05) is 44.2 Å². The number of ether oxygens (including phenoxy) is 1. The van der Waals surface area contributed by atoms with Crippen molar-refractivity contribution in [2.75, 3.05) is 6.61 Å². The zero-order valence-electron chi connectivity index (χ0n) is 14.6. The van der Waals surface area contributed by atoms with Crippen molar-refractivity contribution in [3.05, 3.63) is 65.7 Å².